The number of halogens is 3. The molecule has 0 saturated carbocycles. The summed E-state index contributed by atoms with van der Waals surface area (Å²) in [4.78, 5) is 18.3. The molecule has 6 nitrogen and oxygen atoms in total. The van der Waals surface area contributed by atoms with Gasteiger partial charge in [-0.25, -0.2) is 9.67 Å². The predicted molar refractivity (Wildman–Crippen MR) is 128 cm³/mol. The molecule has 0 aliphatic rings. The molecule has 1 amide bonds. The lowest BCUT2D eigenvalue weighted by atomic mass is 10.1. The van der Waals surface area contributed by atoms with E-state index in [1.807, 2.05) is 37.3 Å². The fourth-order valence-corrected chi connectivity index (χ4v) is 4.57. The molecule has 0 saturated heterocycles. The number of aromatic nitrogens is 4. The zero-order valence-corrected chi connectivity index (χ0v) is 20.4. The molecule has 1 N–H and O–H groups in total. The molecule has 0 radical (unpaired) electrons. The van der Waals surface area contributed by atoms with Crippen LogP contribution in [-0.2, 0) is 6.42 Å². The summed E-state index contributed by atoms with van der Waals surface area (Å²) in [5, 5.41) is 12.8. The Kier molecular flexibility index (Phi) is 6.43. The van der Waals surface area contributed by atoms with Crippen LogP contribution in [0.1, 0.15) is 32.3 Å². The molecule has 2 aromatic heterocycles. The smallest absolute Gasteiger partial charge is 0.279 e. The van der Waals surface area contributed by atoms with Crippen LogP contribution in [0.15, 0.2) is 46.9 Å². The number of nitrogens with zero attached hydrogens (tertiary/aromatic N) is 4. The average Bonchev–Trinajstić information content (AvgIpc) is 3.27. The Morgan fingerprint density at radius 2 is 1.90 bits per heavy atom. The number of amides is 1. The van der Waals surface area contributed by atoms with E-state index in [2.05, 4.69) is 36.5 Å². The molecule has 0 bridgehead atoms. The molecule has 4 rings (SSSR count). The number of aryl methyl sites for hydroxylation is 1. The van der Waals surface area contributed by atoms with E-state index < -0.39 is 0 Å². The van der Waals surface area contributed by atoms with Gasteiger partial charge in [-0.05, 0) is 71.7 Å². The maximum absolute atomic E-state index is 12.8. The van der Waals surface area contributed by atoms with Crippen LogP contribution in [0, 0.1) is 13.8 Å². The molecule has 31 heavy (non-hydrogen) atoms. The van der Waals surface area contributed by atoms with Gasteiger partial charge in [0.15, 0.2) is 10.8 Å². The number of hydrogen-bond donors (Lipinski definition) is 1. The first-order valence-corrected chi connectivity index (χ1v) is 11.6. The van der Waals surface area contributed by atoms with Crippen molar-refractivity contribution < 1.29 is 4.79 Å². The van der Waals surface area contributed by atoms with Crippen molar-refractivity contribution in [1.82, 2.24) is 20.0 Å². The van der Waals surface area contributed by atoms with E-state index in [-0.39, 0.29) is 11.6 Å². The SMILES string of the molecule is Cc1nc(NC(=O)c2nnn(-c3ccc(Cl)cc3)c2C)sc1Cc1ccc(Br)c(Cl)c1. The second-order valence-corrected chi connectivity index (χ2v) is 9.60. The summed E-state index contributed by atoms with van der Waals surface area (Å²) in [5.41, 5.74) is 3.57. The highest BCUT2D eigenvalue weighted by Gasteiger charge is 2.19. The Morgan fingerprint density at radius 1 is 1.16 bits per heavy atom. The number of hydrogen-bond acceptors (Lipinski definition) is 5. The van der Waals surface area contributed by atoms with Gasteiger partial charge in [-0.3, -0.25) is 10.1 Å². The summed E-state index contributed by atoms with van der Waals surface area (Å²) >= 11 is 17.0. The van der Waals surface area contributed by atoms with Gasteiger partial charge in [-0.15, -0.1) is 16.4 Å². The Bertz CT molecular complexity index is 1270. The monoisotopic (exact) mass is 535 g/mol. The van der Waals surface area contributed by atoms with E-state index >= 15 is 0 Å². The number of nitrogens with one attached hydrogen (secondary N) is 1. The maximum Gasteiger partial charge on any atom is 0.279 e. The van der Waals surface area contributed by atoms with Crippen molar-refractivity contribution in [2.24, 2.45) is 0 Å². The first-order chi connectivity index (χ1) is 14.8. The highest BCUT2D eigenvalue weighted by molar-refractivity contribution is 9.10. The molecule has 0 fully saturated rings. The Morgan fingerprint density at radius 3 is 2.61 bits per heavy atom. The Hall–Kier alpha value is -2.26. The summed E-state index contributed by atoms with van der Waals surface area (Å²) in [6.07, 6.45) is 0.679. The third kappa shape index (κ3) is 4.82. The van der Waals surface area contributed by atoms with Crippen LogP contribution in [0.3, 0.4) is 0 Å². The minimum atomic E-state index is -0.357. The van der Waals surface area contributed by atoms with Crippen molar-refractivity contribution in [2.75, 3.05) is 5.32 Å². The summed E-state index contributed by atoms with van der Waals surface area (Å²) in [7, 11) is 0. The number of carbonyl (C=O) groups is 1. The summed E-state index contributed by atoms with van der Waals surface area (Å²) in [5.74, 6) is -0.357. The first kappa shape index (κ1) is 22.0. The highest BCUT2D eigenvalue weighted by atomic mass is 79.9. The van der Waals surface area contributed by atoms with E-state index in [4.69, 9.17) is 23.2 Å². The van der Waals surface area contributed by atoms with Crippen molar-refractivity contribution in [1.29, 1.82) is 0 Å². The minimum absolute atomic E-state index is 0.240. The highest BCUT2D eigenvalue weighted by Crippen LogP contribution is 2.29. The quantitative estimate of drug-likeness (QED) is 0.327. The van der Waals surface area contributed by atoms with Crippen molar-refractivity contribution >= 4 is 61.5 Å². The Balaban J connectivity index is 1.51. The minimum Gasteiger partial charge on any atom is -0.296 e. The average molecular weight is 537 g/mol. The van der Waals surface area contributed by atoms with Crippen LogP contribution in [-0.4, -0.2) is 25.9 Å². The molecule has 4 aromatic rings. The molecule has 0 aliphatic heterocycles. The van der Waals surface area contributed by atoms with Gasteiger partial charge in [0.05, 0.1) is 22.1 Å². The molecule has 0 unspecified atom stereocenters. The molecule has 158 valence electrons. The van der Waals surface area contributed by atoms with Crippen LogP contribution in [0.25, 0.3) is 5.69 Å². The molecule has 2 heterocycles. The zero-order valence-electron chi connectivity index (χ0n) is 16.5. The third-order valence-corrected chi connectivity index (χ3v) is 7.20. The molecule has 2 aromatic carbocycles. The van der Waals surface area contributed by atoms with Crippen LogP contribution in [0.4, 0.5) is 5.13 Å². The lowest BCUT2D eigenvalue weighted by Gasteiger charge is -2.04. The van der Waals surface area contributed by atoms with E-state index in [0.717, 1.165) is 26.3 Å². The second-order valence-electron chi connectivity index (χ2n) is 6.82. The van der Waals surface area contributed by atoms with Crippen molar-refractivity contribution in [3.05, 3.63) is 84.5 Å². The number of benzene rings is 2. The topological polar surface area (TPSA) is 72.7 Å². The van der Waals surface area contributed by atoms with Gasteiger partial charge >= 0.3 is 0 Å². The molecule has 10 heteroatoms. The van der Waals surface area contributed by atoms with Gasteiger partial charge in [0.1, 0.15) is 0 Å². The van der Waals surface area contributed by atoms with Gasteiger partial charge in [-0.1, -0.05) is 34.5 Å². The third-order valence-electron chi connectivity index (χ3n) is 4.64. The predicted octanol–water partition coefficient (Wildman–Crippen LogP) is 6.25. The number of anilines is 1. The summed E-state index contributed by atoms with van der Waals surface area (Å²) < 4.78 is 2.45. The largest absolute Gasteiger partial charge is 0.296 e. The van der Waals surface area contributed by atoms with Crippen LogP contribution in [0.2, 0.25) is 10.0 Å². The fraction of sp³-hybridized carbons (Fsp3) is 0.143. The van der Waals surface area contributed by atoms with Crippen molar-refractivity contribution in [3.8, 4) is 5.69 Å². The second kappa shape index (κ2) is 9.08. The fourth-order valence-electron chi connectivity index (χ4n) is 3.00. The molecule has 0 atom stereocenters. The first-order valence-electron chi connectivity index (χ1n) is 9.21. The standard InChI is InChI=1S/C21H16BrCl2N5OS/c1-11-18(10-13-3-8-16(22)17(24)9-13)31-21(25-11)26-20(30)19-12(2)29(28-27-19)15-6-4-14(23)5-7-15/h3-9H,10H2,1-2H3,(H,25,26,30). The maximum atomic E-state index is 12.8. The van der Waals surface area contributed by atoms with Gasteiger partial charge in [0.2, 0.25) is 0 Å². The summed E-state index contributed by atoms with van der Waals surface area (Å²) in [6, 6.07) is 13.0. The molecule has 0 aliphatic carbocycles. The zero-order chi connectivity index (χ0) is 22.1. The van der Waals surface area contributed by atoms with Crippen molar-refractivity contribution in [2.45, 2.75) is 20.3 Å². The van der Waals surface area contributed by atoms with Crippen LogP contribution >= 0.6 is 50.5 Å². The number of thiazole rings is 1. The van der Waals surface area contributed by atoms with Crippen molar-refractivity contribution in [3.63, 3.8) is 0 Å². The van der Waals surface area contributed by atoms with Gasteiger partial charge in [-0.2, -0.15) is 0 Å². The van der Waals surface area contributed by atoms with Gasteiger partial charge in [0, 0.05) is 20.8 Å². The van der Waals surface area contributed by atoms with E-state index in [9.17, 15) is 4.79 Å². The molecule has 0 spiro atoms. The van der Waals surface area contributed by atoms with Gasteiger partial charge in [0.25, 0.3) is 5.91 Å². The number of carbonyl (C=O) groups excluding carboxylic acids is 1. The summed E-state index contributed by atoms with van der Waals surface area (Å²) in [6.45, 7) is 3.71. The van der Waals surface area contributed by atoms with E-state index in [1.54, 1.807) is 23.7 Å². The normalized spacial score (nSPS) is 11.0. The van der Waals surface area contributed by atoms with E-state index in [0.29, 0.717) is 27.3 Å². The van der Waals surface area contributed by atoms with Gasteiger partial charge < -0.3 is 0 Å². The lowest BCUT2D eigenvalue weighted by Crippen LogP contribution is -2.14. The van der Waals surface area contributed by atoms with E-state index in [1.165, 1.54) is 11.3 Å². The lowest BCUT2D eigenvalue weighted by molar-refractivity contribution is 0.102. The van der Waals surface area contributed by atoms with Crippen LogP contribution in [0.5, 0.6) is 0 Å². The molecular weight excluding hydrogens is 521 g/mol. The molecular formula is C21H16BrCl2N5OS. The number of rotatable bonds is 5. The van der Waals surface area contributed by atoms with Crippen LogP contribution < -0.4 is 5.32 Å². The Labute approximate surface area is 201 Å².